The van der Waals surface area contributed by atoms with Crippen molar-refractivity contribution in [3.8, 4) is 0 Å². The molecular formula is C5H10Na3O9S3-. The van der Waals surface area contributed by atoms with Gasteiger partial charge < -0.3 is 9.11 Å². The standard InChI is InChI=1S/C3H6O3S.2CH3O3S.3Na/c1-2-3-7(4,5)6;2*1-5(2,3)4;;;/h2H,1,3H2,(H,4,5,6);2*1H2,(H,2,3,4);;;/q;2*-1;3*+1/p-2. The van der Waals surface area contributed by atoms with Crippen LogP contribution >= 0.6 is 0 Å². The third kappa shape index (κ3) is 185. The van der Waals surface area contributed by atoms with Crippen molar-refractivity contribution in [1.82, 2.24) is 0 Å². The molecule has 0 spiro atoms. The Balaban J connectivity index is -0.0000000348. The van der Waals surface area contributed by atoms with Gasteiger partial charge in [-0.2, -0.15) is 8.42 Å². The molecular weight excluding hydrogens is 369 g/mol. The average molecular weight is 379 g/mol. The number of hydrogen-bond acceptors (Lipinski definition) is 8. The maximum atomic E-state index is 9.72. The average Bonchev–Trinajstić information content (AvgIpc) is 1.73. The van der Waals surface area contributed by atoms with Crippen molar-refractivity contribution in [2.75, 3.05) is 5.75 Å². The van der Waals surface area contributed by atoms with Crippen molar-refractivity contribution in [1.29, 1.82) is 0 Å². The van der Waals surface area contributed by atoms with Crippen LogP contribution in [-0.2, 0) is 30.4 Å². The SMILES string of the molecule is C=CCS(=O)(=O)O.[CH2-]S(=O)(=O)[O-].[CH2-]S(=O)(=O)[O-].[Na+].[Na+].[Na+]. The van der Waals surface area contributed by atoms with Crippen LogP contribution in [0.4, 0.5) is 0 Å². The van der Waals surface area contributed by atoms with Crippen LogP contribution in [0, 0.1) is 12.5 Å². The minimum absolute atomic E-state index is 0. The second kappa shape index (κ2) is 17.8. The van der Waals surface area contributed by atoms with Gasteiger partial charge in [0, 0.05) is 0 Å². The van der Waals surface area contributed by atoms with Crippen molar-refractivity contribution in [3.63, 3.8) is 0 Å². The summed E-state index contributed by atoms with van der Waals surface area (Å²) < 4.78 is 81.1. The third-order valence-electron chi connectivity index (χ3n) is 0.328. The minimum Gasteiger partial charge on any atom is -0.774 e. The van der Waals surface area contributed by atoms with Crippen molar-refractivity contribution in [2.24, 2.45) is 0 Å². The fourth-order valence-corrected chi connectivity index (χ4v) is 0.447. The van der Waals surface area contributed by atoms with Gasteiger partial charge in [-0.05, 0) is 20.2 Å². The molecule has 0 rings (SSSR count). The molecule has 0 bridgehead atoms. The van der Waals surface area contributed by atoms with E-state index in [4.69, 9.17) is 30.5 Å². The smallest absolute Gasteiger partial charge is 0.774 e. The summed E-state index contributed by atoms with van der Waals surface area (Å²) in [5.74, 6) is -0.368. The maximum absolute atomic E-state index is 9.72. The predicted octanol–water partition coefficient (Wildman–Crippen LogP) is -10.3. The molecule has 0 aromatic heterocycles. The molecule has 0 radical (unpaired) electrons. The van der Waals surface area contributed by atoms with Gasteiger partial charge in [0.2, 0.25) is 0 Å². The summed E-state index contributed by atoms with van der Waals surface area (Å²) in [5, 5.41) is 0. The molecule has 0 aliphatic heterocycles. The first kappa shape index (κ1) is 38.2. The molecule has 0 aliphatic rings. The Morgan fingerprint density at radius 2 is 1.05 bits per heavy atom. The van der Waals surface area contributed by atoms with E-state index in [1.807, 2.05) is 0 Å². The summed E-state index contributed by atoms with van der Waals surface area (Å²) >= 11 is 0. The summed E-state index contributed by atoms with van der Waals surface area (Å²) in [7, 11) is -12.1. The molecule has 0 saturated carbocycles. The summed E-state index contributed by atoms with van der Waals surface area (Å²) in [5.41, 5.74) is 0. The zero-order chi connectivity index (χ0) is 14.9. The predicted molar refractivity (Wildman–Crippen MR) is 56.7 cm³/mol. The van der Waals surface area contributed by atoms with Gasteiger partial charge in [0.05, 0.1) is 5.75 Å². The van der Waals surface area contributed by atoms with Crippen molar-refractivity contribution < 1.29 is 128 Å². The zero-order valence-electron chi connectivity index (χ0n) is 11.3. The fraction of sp³-hybridized carbons (Fsp3) is 0.200. The molecule has 0 atom stereocenters. The van der Waals surface area contributed by atoms with Gasteiger partial charge in [-0.25, -0.2) is 12.5 Å². The first-order valence-electron chi connectivity index (χ1n) is 3.20. The van der Waals surface area contributed by atoms with Crippen LogP contribution in [0.2, 0.25) is 0 Å². The van der Waals surface area contributed by atoms with Gasteiger partial charge in [0.15, 0.2) is 0 Å². The molecule has 0 heterocycles. The molecule has 0 unspecified atom stereocenters. The fourth-order valence-electron chi connectivity index (χ4n) is 0.149. The quantitative estimate of drug-likeness (QED) is 0.212. The first-order chi connectivity index (χ1) is 7.06. The van der Waals surface area contributed by atoms with Crippen molar-refractivity contribution in [2.45, 2.75) is 0 Å². The van der Waals surface area contributed by atoms with Crippen LogP contribution in [0.5, 0.6) is 0 Å². The summed E-state index contributed by atoms with van der Waals surface area (Å²) in [6.45, 7) is 3.11. The number of rotatable bonds is 2. The van der Waals surface area contributed by atoms with E-state index in [2.05, 4.69) is 19.1 Å². The Morgan fingerprint density at radius 3 is 1.05 bits per heavy atom. The number of hydrogen-bond donors (Lipinski definition) is 1. The molecule has 0 aliphatic carbocycles. The Labute approximate surface area is 186 Å². The van der Waals surface area contributed by atoms with Crippen LogP contribution < -0.4 is 88.7 Å². The van der Waals surface area contributed by atoms with Gasteiger partial charge in [0.1, 0.15) is 0 Å². The Hall–Kier alpha value is 2.47. The maximum Gasteiger partial charge on any atom is 1.00 e. The van der Waals surface area contributed by atoms with Crippen molar-refractivity contribution >= 4 is 30.4 Å². The van der Waals surface area contributed by atoms with Crippen LogP contribution in [0.25, 0.3) is 0 Å². The first-order valence-corrected chi connectivity index (χ1v) is 7.96. The van der Waals surface area contributed by atoms with Crippen LogP contribution in [0.1, 0.15) is 0 Å². The second-order valence-corrected chi connectivity index (χ2v) is 5.88. The molecule has 9 nitrogen and oxygen atoms in total. The van der Waals surface area contributed by atoms with E-state index in [1.54, 1.807) is 0 Å². The van der Waals surface area contributed by atoms with Gasteiger partial charge >= 0.3 is 88.7 Å². The molecule has 106 valence electrons. The van der Waals surface area contributed by atoms with Gasteiger partial charge in [-0.1, -0.05) is 6.08 Å². The minimum atomic E-state index is -4.17. The van der Waals surface area contributed by atoms with E-state index < -0.39 is 30.4 Å². The van der Waals surface area contributed by atoms with E-state index >= 15 is 0 Å². The van der Waals surface area contributed by atoms with Crippen LogP contribution in [-0.4, -0.2) is 44.7 Å². The van der Waals surface area contributed by atoms with Gasteiger partial charge in [0.25, 0.3) is 10.1 Å². The molecule has 1 N–H and O–H groups in total. The second-order valence-electron chi connectivity index (χ2n) is 2.15. The summed E-state index contributed by atoms with van der Waals surface area (Å²) in [6.07, 6.45) is 5.50. The van der Waals surface area contributed by atoms with Crippen molar-refractivity contribution in [3.05, 3.63) is 25.2 Å². The summed E-state index contributed by atoms with van der Waals surface area (Å²) in [6, 6.07) is 0. The monoisotopic (exact) mass is 379 g/mol. The normalized spacial score (nSPS) is 9.65. The van der Waals surface area contributed by atoms with E-state index in [0.717, 1.165) is 6.08 Å². The molecule has 0 fully saturated rings. The zero-order valence-corrected chi connectivity index (χ0v) is 19.8. The molecule has 0 aromatic carbocycles. The Bertz CT molecular complexity index is 461. The topological polar surface area (TPSA) is 169 Å². The largest absolute Gasteiger partial charge is 1.00 e. The van der Waals surface area contributed by atoms with E-state index in [1.165, 1.54) is 0 Å². The third-order valence-corrected chi connectivity index (χ3v) is 0.985. The summed E-state index contributed by atoms with van der Waals surface area (Å²) in [4.78, 5) is 0. The van der Waals surface area contributed by atoms with Crippen LogP contribution in [0.3, 0.4) is 0 Å². The molecule has 0 amide bonds. The van der Waals surface area contributed by atoms with E-state index in [9.17, 15) is 8.42 Å². The molecule has 20 heavy (non-hydrogen) atoms. The molecule has 0 aromatic rings. The Morgan fingerprint density at radius 1 is 0.900 bits per heavy atom. The van der Waals surface area contributed by atoms with Crippen LogP contribution in [0.15, 0.2) is 12.7 Å². The van der Waals surface area contributed by atoms with Gasteiger partial charge in [-0.3, -0.25) is 21.4 Å². The van der Waals surface area contributed by atoms with Gasteiger partial charge in [-0.15, -0.1) is 6.58 Å². The van der Waals surface area contributed by atoms with E-state index in [-0.39, 0.29) is 94.4 Å². The van der Waals surface area contributed by atoms with E-state index in [0.29, 0.717) is 0 Å². The molecule has 0 saturated heterocycles. The Kier molecular flexibility index (Phi) is 34.0. The molecule has 15 heteroatoms.